The van der Waals surface area contributed by atoms with Crippen LogP contribution in [0.15, 0.2) is 36.7 Å². The van der Waals surface area contributed by atoms with Crippen LogP contribution in [0.25, 0.3) is 10.8 Å². The molecule has 0 amide bonds. The van der Waals surface area contributed by atoms with E-state index in [-0.39, 0.29) is 0 Å². The maximum atomic E-state index is 4.07. The summed E-state index contributed by atoms with van der Waals surface area (Å²) in [6.07, 6.45) is 4.53. The molecule has 1 heteroatoms. The molecule has 1 heterocycles. The summed E-state index contributed by atoms with van der Waals surface area (Å²) in [5, 5.41) is 2.43. The SMILES string of the molecule is [CH2]Cc1ccc2ccncc2c1. The van der Waals surface area contributed by atoms with Gasteiger partial charge in [-0.15, -0.1) is 0 Å². The smallest absolute Gasteiger partial charge is 0.0346 e. The zero-order valence-electron chi connectivity index (χ0n) is 6.83. The van der Waals surface area contributed by atoms with E-state index in [0.29, 0.717) is 0 Å². The highest BCUT2D eigenvalue weighted by atomic mass is 14.6. The molecular formula is C11H10N. The Labute approximate surface area is 72.1 Å². The lowest BCUT2D eigenvalue weighted by atomic mass is 10.1. The Morgan fingerprint density at radius 3 is 2.92 bits per heavy atom. The first kappa shape index (κ1) is 7.29. The van der Waals surface area contributed by atoms with Gasteiger partial charge in [-0.05, 0) is 36.4 Å². The van der Waals surface area contributed by atoms with Gasteiger partial charge in [-0.1, -0.05) is 12.1 Å². The molecule has 1 nitrogen and oxygen atoms in total. The van der Waals surface area contributed by atoms with Crippen LogP contribution in [0.1, 0.15) is 5.56 Å². The number of pyridine rings is 1. The second kappa shape index (κ2) is 2.94. The number of nitrogens with zero attached hydrogens (tertiary/aromatic N) is 1. The molecule has 0 atom stereocenters. The summed E-state index contributed by atoms with van der Waals surface area (Å²) in [5.41, 5.74) is 1.26. The van der Waals surface area contributed by atoms with Crippen LogP contribution in [0, 0.1) is 6.92 Å². The molecule has 0 aliphatic carbocycles. The molecule has 0 N–H and O–H groups in total. The second-order valence-electron chi connectivity index (χ2n) is 2.81. The largest absolute Gasteiger partial charge is 0.264 e. The van der Waals surface area contributed by atoms with Gasteiger partial charge in [0.1, 0.15) is 0 Å². The van der Waals surface area contributed by atoms with Gasteiger partial charge in [0.25, 0.3) is 0 Å². The van der Waals surface area contributed by atoms with Crippen LogP contribution in [-0.4, -0.2) is 4.98 Å². The van der Waals surface area contributed by atoms with Gasteiger partial charge in [-0.25, -0.2) is 0 Å². The zero-order valence-corrected chi connectivity index (χ0v) is 6.83. The van der Waals surface area contributed by atoms with Gasteiger partial charge in [0.15, 0.2) is 0 Å². The molecule has 0 spiro atoms. The van der Waals surface area contributed by atoms with E-state index in [1.807, 2.05) is 18.5 Å². The van der Waals surface area contributed by atoms with Gasteiger partial charge >= 0.3 is 0 Å². The molecule has 1 radical (unpaired) electrons. The minimum atomic E-state index is 0.838. The monoisotopic (exact) mass is 156 g/mol. The molecule has 1 aromatic carbocycles. The maximum Gasteiger partial charge on any atom is 0.0346 e. The van der Waals surface area contributed by atoms with Gasteiger partial charge in [-0.2, -0.15) is 0 Å². The fourth-order valence-corrected chi connectivity index (χ4v) is 1.29. The molecule has 59 valence electrons. The minimum Gasteiger partial charge on any atom is -0.264 e. The van der Waals surface area contributed by atoms with Crippen LogP contribution >= 0.6 is 0 Å². The highest BCUT2D eigenvalue weighted by Gasteiger charge is 1.93. The van der Waals surface area contributed by atoms with Crippen molar-refractivity contribution in [1.29, 1.82) is 0 Å². The van der Waals surface area contributed by atoms with Crippen molar-refractivity contribution in [3.05, 3.63) is 49.1 Å². The first-order valence-corrected chi connectivity index (χ1v) is 4.02. The van der Waals surface area contributed by atoms with E-state index < -0.39 is 0 Å². The molecule has 0 unspecified atom stereocenters. The normalized spacial score (nSPS) is 10.4. The maximum absolute atomic E-state index is 4.07. The van der Waals surface area contributed by atoms with Crippen LogP contribution in [-0.2, 0) is 6.42 Å². The van der Waals surface area contributed by atoms with Gasteiger partial charge in [-0.3, -0.25) is 4.98 Å². The molecule has 0 aliphatic rings. The third-order valence-electron chi connectivity index (χ3n) is 1.99. The molecule has 0 saturated heterocycles. The first-order chi connectivity index (χ1) is 5.90. The zero-order chi connectivity index (χ0) is 8.39. The molecular weight excluding hydrogens is 146 g/mol. The molecule has 2 rings (SSSR count). The Kier molecular flexibility index (Phi) is 1.78. The number of hydrogen-bond donors (Lipinski definition) is 0. The van der Waals surface area contributed by atoms with E-state index in [1.54, 1.807) is 0 Å². The highest BCUT2D eigenvalue weighted by molar-refractivity contribution is 5.81. The van der Waals surface area contributed by atoms with Crippen molar-refractivity contribution in [2.24, 2.45) is 0 Å². The van der Waals surface area contributed by atoms with Crippen molar-refractivity contribution in [2.75, 3.05) is 0 Å². The highest BCUT2D eigenvalue weighted by Crippen LogP contribution is 2.14. The average molecular weight is 156 g/mol. The van der Waals surface area contributed by atoms with Gasteiger partial charge in [0, 0.05) is 17.8 Å². The Balaban J connectivity index is 2.67. The molecule has 0 fully saturated rings. The Bertz CT molecular complexity index is 393. The number of benzene rings is 1. The van der Waals surface area contributed by atoms with Crippen molar-refractivity contribution < 1.29 is 0 Å². The summed E-state index contributed by atoms with van der Waals surface area (Å²) >= 11 is 0. The summed E-state index contributed by atoms with van der Waals surface area (Å²) in [5.74, 6) is 0. The lowest BCUT2D eigenvalue weighted by molar-refractivity contribution is 1.28. The average Bonchev–Trinajstić information content (AvgIpc) is 2.17. The quantitative estimate of drug-likeness (QED) is 0.618. The van der Waals surface area contributed by atoms with Crippen molar-refractivity contribution >= 4 is 10.8 Å². The Hall–Kier alpha value is -1.37. The molecule has 0 aliphatic heterocycles. The predicted molar refractivity (Wildman–Crippen MR) is 50.8 cm³/mol. The standard InChI is InChI=1S/C11H10N/c1-2-9-3-4-10-5-6-12-8-11(10)7-9/h3-8H,1-2H2. The van der Waals surface area contributed by atoms with E-state index in [1.165, 1.54) is 16.3 Å². The molecule has 0 saturated carbocycles. The summed E-state index contributed by atoms with van der Waals surface area (Å²) in [7, 11) is 0. The second-order valence-corrected chi connectivity index (χ2v) is 2.81. The topological polar surface area (TPSA) is 12.9 Å². The summed E-state index contributed by atoms with van der Waals surface area (Å²) in [4.78, 5) is 4.07. The lowest BCUT2D eigenvalue weighted by Gasteiger charge is -1.98. The van der Waals surface area contributed by atoms with Crippen molar-refractivity contribution in [2.45, 2.75) is 6.42 Å². The number of fused-ring (bicyclic) bond motifs is 1. The summed E-state index contributed by atoms with van der Waals surface area (Å²) in [6, 6.07) is 8.37. The van der Waals surface area contributed by atoms with Crippen LogP contribution in [0.3, 0.4) is 0 Å². The molecule has 1 aromatic heterocycles. The van der Waals surface area contributed by atoms with E-state index in [9.17, 15) is 0 Å². The van der Waals surface area contributed by atoms with Gasteiger partial charge < -0.3 is 0 Å². The summed E-state index contributed by atoms with van der Waals surface area (Å²) in [6.45, 7) is 3.84. The van der Waals surface area contributed by atoms with E-state index in [0.717, 1.165) is 6.42 Å². The van der Waals surface area contributed by atoms with Crippen LogP contribution in [0.5, 0.6) is 0 Å². The summed E-state index contributed by atoms with van der Waals surface area (Å²) < 4.78 is 0. The van der Waals surface area contributed by atoms with Crippen molar-refractivity contribution in [1.82, 2.24) is 4.98 Å². The Morgan fingerprint density at radius 1 is 1.17 bits per heavy atom. The van der Waals surface area contributed by atoms with Gasteiger partial charge in [0.05, 0.1) is 0 Å². The van der Waals surface area contributed by atoms with Crippen LogP contribution < -0.4 is 0 Å². The third kappa shape index (κ3) is 1.18. The predicted octanol–water partition coefficient (Wildman–Crippen LogP) is 2.61. The number of hydrogen-bond acceptors (Lipinski definition) is 1. The van der Waals surface area contributed by atoms with Crippen LogP contribution in [0.4, 0.5) is 0 Å². The number of aromatic nitrogens is 1. The third-order valence-corrected chi connectivity index (χ3v) is 1.99. The fraction of sp³-hybridized carbons (Fsp3) is 0.0909. The van der Waals surface area contributed by atoms with Crippen molar-refractivity contribution in [3.63, 3.8) is 0 Å². The van der Waals surface area contributed by atoms with E-state index >= 15 is 0 Å². The molecule has 0 bridgehead atoms. The number of rotatable bonds is 1. The van der Waals surface area contributed by atoms with Crippen molar-refractivity contribution in [3.8, 4) is 0 Å². The molecule has 2 aromatic rings. The minimum absolute atomic E-state index is 0.838. The Morgan fingerprint density at radius 2 is 2.08 bits per heavy atom. The first-order valence-electron chi connectivity index (χ1n) is 4.02. The fourth-order valence-electron chi connectivity index (χ4n) is 1.29. The van der Waals surface area contributed by atoms with Crippen LogP contribution in [0.2, 0.25) is 0 Å². The van der Waals surface area contributed by atoms with E-state index in [2.05, 4.69) is 30.1 Å². The van der Waals surface area contributed by atoms with Gasteiger partial charge in [0.2, 0.25) is 0 Å². The molecule has 12 heavy (non-hydrogen) atoms. The lowest BCUT2D eigenvalue weighted by Crippen LogP contribution is -1.80. The van der Waals surface area contributed by atoms with E-state index in [4.69, 9.17) is 0 Å².